The van der Waals surface area contributed by atoms with E-state index in [-0.39, 0.29) is 5.91 Å². The highest BCUT2D eigenvalue weighted by molar-refractivity contribution is 6.30. The molecule has 3 heterocycles. The van der Waals surface area contributed by atoms with Crippen LogP contribution in [0.1, 0.15) is 35.7 Å². The van der Waals surface area contributed by atoms with Crippen molar-refractivity contribution in [1.82, 2.24) is 20.1 Å². The first-order chi connectivity index (χ1) is 14.1. The van der Waals surface area contributed by atoms with Crippen molar-refractivity contribution in [3.8, 4) is 5.69 Å². The predicted octanol–water partition coefficient (Wildman–Crippen LogP) is 4.09. The Hall–Kier alpha value is -2.86. The summed E-state index contributed by atoms with van der Waals surface area (Å²) >= 11 is 5.91. The Morgan fingerprint density at radius 3 is 2.59 bits per heavy atom. The van der Waals surface area contributed by atoms with Crippen molar-refractivity contribution >= 4 is 23.3 Å². The maximum atomic E-state index is 12.4. The lowest BCUT2D eigenvalue weighted by Gasteiger charge is -2.31. The van der Waals surface area contributed by atoms with E-state index in [4.69, 9.17) is 11.6 Å². The zero-order valence-electron chi connectivity index (χ0n) is 16.4. The molecule has 1 aromatic carbocycles. The average molecular weight is 410 g/mol. The highest BCUT2D eigenvalue weighted by Gasteiger charge is 2.16. The van der Waals surface area contributed by atoms with Gasteiger partial charge < -0.3 is 10.2 Å². The minimum absolute atomic E-state index is 0.167. The first-order valence-corrected chi connectivity index (χ1v) is 10.2. The molecule has 1 N–H and O–H groups in total. The van der Waals surface area contributed by atoms with Gasteiger partial charge in [-0.3, -0.25) is 4.79 Å². The van der Waals surface area contributed by atoms with Gasteiger partial charge in [-0.05, 0) is 54.7 Å². The summed E-state index contributed by atoms with van der Waals surface area (Å²) in [6.45, 7) is 4.84. The van der Waals surface area contributed by atoms with Gasteiger partial charge in [-0.15, -0.1) is 0 Å². The molecule has 0 atom stereocenters. The molecule has 0 radical (unpaired) electrons. The zero-order valence-corrected chi connectivity index (χ0v) is 17.1. The third kappa shape index (κ3) is 4.77. The first-order valence-electron chi connectivity index (χ1n) is 9.87. The molecular weight excluding hydrogens is 386 g/mol. The van der Waals surface area contributed by atoms with Crippen LogP contribution in [0.3, 0.4) is 0 Å². The number of halogens is 1. The number of anilines is 1. The van der Waals surface area contributed by atoms with Crippen molar-refractivity contribution in [2.24, 2.45) is 5.92 Å². The molecule has 1 fully saturated rings. The monoisotopic (exact) mass is 409 g/mol. The largest absolute Gasteiger partial charge is 0.357 e. The van der Waals surface area contributed by atoms with Gasteiger partial charge in [-0.2, -0.15) is 5.10 Å². The number of nitrogens with one attached hydrogen (secondary N) is 1. The number of aromatic nitrogens is 3. The van der Waals surface area contributed by atoms with Crippen molar-refractivity contribution in [2.75, 3.05) is 18.0 Å². The fourth-order valence-electron chi connectivity index (χ4n) is 3.41. The number of benzene rings is 1. The van der Waals surface area contributed by atoms with Crippen LogP contribution in [0.4, 0.5) is 5.82 Å². The molecule has 29 heavy (non-hydrogen) atoms. The molecule has 150 valence electrons. The van der Waals surface area contributed by atoms with E-state index in [0.717, 1.165) is 36.1 Å². The standard InChI is InChI=1S/C22H24ClN5O/c1-16-8-10-27(11-9-16)21-7-2-17(12-24-21)13-25-22(29)18-14-26-28(15-18)20-5-3-19(23)4-6-20/h2-7,12,14-16H,8-11,13H2,1H3,(H,25,29). The van der Waals surface area contributed by atoms with E-state index in [9.17, 15) is 4.79 Å². The average Bonchev–Trinajstić information content (AvgIpc) is 3.24. The zero-order chi connectivity index (χ0) is 20.2. The van der Waals surface area contributed by atoms with Gasteiger partial charge in [0, 0.05) is 37.1 Å². The summed E-state index contributed by atoms with van der Waals surface area (Å²) < 4.78 is 1.65. The van der Waals surface area contributed by atoms with E-state index in [1.165, 1.54) is 12.8 Å². The van der Waals surface area contributed by atoms with Gasteiger partial charge in [0.15, 0.2) is 0 Å². The highest BCUT2D eigenvalue weighted by atomic mass is 35.5. The van der Waals surface area contributed by atoms with Crippen LogP contribution in [0, 0.1) is 5.92 Å². The fraction of sp³-hybridized carbons (Fsp3) is 0.318. The van der Waals surface area contributed by atoms with E-state index < -0.39 is 0 Å². The van der Waals surface area contributed by atoms with Gasteiger partial charge in [0.2, 0.25) is 0 Å². The number of amides is 1. The Morgan fingerprint density at radius 1 is 1.14 bits per heavy atom. The van der Waals surface area contributed by atoms with Crippen molar-refractivity contribution in [3.05, 3.63) is 71.1 Å². The SMILES string of the molecule is CC1CCN(c2ccc(CNC(=O)c3cnn(-c4ccc(Cl)cc4)c3)cn2)CC1. The summed E-state index contributed by atoms with van der Waals surface area (Å²) in [5, 5.41) is 7.84. The van der Waals surface area contributed by atoms with Crippen LogP contribution in [0.2, 0.25) is 5.02 Å². The second-order valence-corrected chi connectivity index (χ2v) is 7.96. The number of hydrogen-bond acceptors (Lipinski definition) is 4. The highest BCUT2D eigenvalue weighted by Crippen LogP contribution is 2.21. The molecule has 1 aliphatic rings. The van der Waals surface area contributed by atoms with Crippen LogP contribution < -0.4 is 10.2 Å². The molecular formula is C22H24ClN5O. The second kappa shape index (κ2) is 8.66. The number of nitrogens with zero attached hydrogens (tertiary/aromatic N) is 4. The molecule has 0 saturated carbocycles. The third-order valence-corrected chi connectivity index (χ3v) is 5.56. The fourth-order valence-corrected chi connectivity index (χ4v) is 3.53. The Balaban J connectivity index is 1.33. The Morgan fingerprint density at radius 2 is 1.90 bits per heavy atom. The third-order valence-electron chi connectivity index (χ3n) is 5.31. The van der Waals surface area contributed by atoms with Crippen molar-refractivity contribution < 1.29 is 4.79 Å². The Labute approximate surface area is 175 Å². The van der Waals surface area contributed by atoms with Gasteiger partial charge in [-0.25, -0.2) is 9.67 Å². The quantitative estimate of drug-likeness (QED) is 0.689. The van der Waals surface area contributed by atoms with Crippen LogP contribution in [-0.2, 0) is 6.54 Å². The second-order valence-electron chi connectivity index (χ2n) is 7.53. The summed E-state index contributed by atoms with van der Waals surface area (Å²) in [4.78, 5) is 19.4. The van der Waals surface area contributed by atoms with Crippen LogP contribution in [0.5, 0.6) is 0 Å². The molecule has 6 nitrogen and oxygen atoms in total. The minimum Gasteiger partial charge on any atom is -0.357 e. The van der Waals surface area contributed by atoms with E-state index in [2.05, 4.69) is 27.2 Å². The van der Waals surface area contributed by atoms with Gasteiger partial charge in [-0.1, -0.05) is 24.6 Å². The van der Waals surface area contributed by atoms with E-state index in [1.807, 2.05) is 30.5 Å². The van der Waals surface area contributed by atoms with E-state index >= 15 is 0 Å². The molecule has 2 aromatic heterocycles. The van der Waals surface area contributed by atoms with E-state index in [0.29, 0.717) is 17.1 Å². The van der Waals surface area contributed by atoms with E-state index in [1.54, 1.807) is 29.2 Å². The summed E-state index contributed by atoms with van der Waals surface area (Å²) in [5.41, 5.74) is 2.32. The van der Waals surface area contributed by atoms with Crippen LogP contribution >= 0.6 is 11.6 Å². The summed E-state index contributed by atoms with van der Waals surface area (Å²) in [6.07, 6.45) is 7.52. The maximum Gasteiger partial charge on any atom is 0.254 e. The smallest absolute Gasteiger partial charge is 0.254 e. The van der Waals surface area contributed by atoms with Gasteiger partial charge in [0.05, 0.1) is 17.4 Å². The summed E-state index contributed by atoms with van der Waals surface area (Å²) in [7, 11) is 0. The molecule has 4 rings (SSSR count). The molecule has 1 aliphatic heterocycles. The number of rotatable bonds is 5. The predicted molar refractivity (Wildman–Crippen MR) is 115 cm³/mol. The molecule has 0 unspecified atom stereocenters. The molecule has 3 aromatic rings. The van der Waals surface area contributed by atoms with Crippen LogP contribution in [0.25, 0.3) is 5.69 Å². The summed E-state index contributed by atoms with van der Waals surface area (Å²) in [5.74, 6) is 1.64. The number of pyridine rings is 1. The maximum absolute atomic E-state index is 12.4. The van der Waals surface area contributed by atoms with Gasteiger partial charge in [0.1, 0.15) is 5.82 Å². The number of carbonyl (C=O) groups excluding carboxylic acids is 1. The molecule has 1 saturated heterocycles. The lowest BCUT2D eigenvalue weighted by Crippen LogP contribution is -2.33. The molecule has 0 aliphatic carbocycles. The Bertz CT molecular complexity index is 960. The van der Waals surface area contributed by atoms with Gasteiger partial charge >= 0.3 is 0 Å². The minimum atomic E-state index is -0.167. The Kier molecular flexibility index (Phi) is 5.81. The first kappa shape index (κ1) is 19.5. The topological polar surface area (TPSA) is 63.1 Å². The number of hydrogen-bond donors (Lipinski definition) is 1. The lowest BCUT2D eigenvalue weighted by atomic mass is 9.99. The molecule has 0 spiro atoms. The van der Waals surface area contributed by atoms with Crippen LogP contribution in [-0.4, -0.2) is 33.8 Å². The molecule has 0 bridgehead atoms. The molecule has 7 heteroatoms. The van der Waals surface area contributed by atoms with Crippen molar-refractivity contribution in [1.29, 1.82) is 0 Å². The van der Waals surface area contributed by atoms with Gasteiger partial charge in [0.25, 0.3) is 5.91 Å². The number of piperidine rings is 1. The van der Waals surface area contributed by atoms with Crippen LogP contribution in [0.15, 0.2) is 55.0 Å². The van der Waals surface area contributed by atoms with Crippen molar-refractivity contribution in [3.63, 3.8) is 0 Å². The molecule has 1 amide bonds. The lowest BCUT2D eigenvalue weighted by molar-refractivity contribution is 0.0951. The normalized spacial score (nSPS) is 14.8. The number of carbonyl (C=O) groups is 1. The summed E-state index contributed by atoms with van der Waals surface area (Å²) in [6, 6.07) is 11.4. The van der Waals surface area contributed by atoms with Crippen molar-refractivity contribution in [2.45, 2.75) is 26.3 Å².